The van der Waals surface area contributed by atoms with E-state index in [0.29, 0.717) is 44.8 Å². The van der Waals surface area contributed by atoms with Gasteiger partial charge in [-0.05, 0) is 50.4 Å². The van der Waals surface area contributed by atoms with Crippen molar-refractivity contribution in [1.82, 2.24) is 24.8 Å². The second-order valence-electron chi connectivity index (χ2n) is 11.1. The number of likely N-dealkylation sites (N-methyl/N-ethyl adjacent to an activating group) is 1. The molecule has 212 valence electrons. The number of nitriles is 1. The summed E-state index contributed by atoms with van der Waals surface area (Å²) in [4.78, 5) is 35.7. The summed E-state index contributed by atoms with van der Waals surface area (Å²) >= 11 is 0. The second-order valence-corrected chi connectivity index (χ2v) is 11.1. The van der Waals surface area contributed by atoms with Gasteiger partial charge in [0.2, 0.25) is 5.91 Å². The molecule has 10 nitrogen and oxygen atoms in total. The standard InChI is InChI=1S/C31H36N8O2/c1-3-28(40)39-18-17-38(19-23(39)10-13-32)30-26-12-16-37(29-25-9-5-4-7-22(25)11-14-33-29)20-27(26)34-31(35-30)41-21-24-8-6-15-36(24)2/h3-5,7,9,11,14,23-24H,1,6,8,10,12,15-21H2,2H3/t23?,24-/m0/s1. The van der Waals surface area contributed by atoms with Crippen LogP contribution in [0, 0.1) is 11.3 Å². The summed E-state index contributed by atoms with van der Waals surface area (Å²) in [7, 11) is 2.13. The van der Waals surface area contributed by atoms with Crippen LogP contribution in [0.5, 0.6) is 6.01 Å². The maximum absolute atomic E-state index is 12.5. The molecule has 41 heavy (non-hydrogen) atoms. The van der Waals surface area contributed by atoms with Gasteiger partial charge in [0.1, 0.15) is 18.2 Å². The average molecular weight is 553 g/mol. The summed E-state index contributed by atoms with van der Waals surface area (Å²) < 4.78 is 6.27. The van der Waals surface area contributed by atoms with Gasteiger partial charge in [-0.25, -0.2) is 4.98 Å². The molecule has 5 heterocycles. The molecule has 6 rings (SSSR count). The van der Waals surface area contributed by atoms with Crippen LogP contribution in [0.4, 0.5) is 11.6 Å². The van der Waals surface area contributed by atoms with Gasteiger partial charge in [0.25, 0.3) is 0 Å². The Hall–Kier alpha value is -4.23. The van der Waals surface area contributed by atoms with E-state index >= 15 is 0 Å². The van der Waals surface area contributed by atoms with E-state index in [0.717, 1.165) is 59.6 Å². The molecule has 0 bridgehead atoms. The molecule has 10 heteroatoms. The van der Waals surface area contributed by atoms with Gasteiger partial charge in [-0.3, -0.25) is 4.79 Å². The summed E-state index contributed by atoms with van der Waals surface area (Å²) in [6, 6.07) is 13.1. The van der Waals surface area contributed by atoms with E-state index in [1.54, 1.807) is 4.90 Å². The molecule has 0 N–H and O–H groups in total. The van der Waals surface area contributed by atoms with Crippen LogP contribution in [-0.2, 0) is 17.8 Å². The summed E-state index contributed by atoms with van der Waals surface area (Å²) in [5.41, 5.74) is 2.04. The van der Waals surface area contributed by atoms with Gasteiger partial charge in [0.15, 0.2) is 0 Å². The van der Waals surface area contributed by atoms with Crippen molar-refractivity contribution in [3.05, 3.63) is 60.4 Å². The number of benzene rings is 1. The molecular weight excluding hydrogens is 516 g/mol. The van der Waals surface area contributed by atoms with Crippen LogP contribution in [0.3, 0.4) is 0 Å². The number of likely N-dealkylation sites (tertiary alicyclic amines) is 1. The van der Waals surface area contributed by atoms with Crippen LogP contribution in [0.25, 0.3) is 10.8 Å². The fourth-order valence-corrected chi connectivity index (χ4v) is 6.35. The fraction of sp³-hybridized carbons (Fsp3) is 0.452. The zero-order chi connectivity index (χ0) is 28.3. The van der Waals surface area contributed by atoms with Gasteiger partial charge in [-0.1, -0.05) is 30.8 Å². The number of ether oxygens (including phenoxy) is 1. The molecule has 3 aromatic rings. The van der Waals surface area contributed by atoms with Gasteiger partial charge in [-0.15, -0.1) is 0 Å². The lowest BCUT2D eigenvalue weighted by molar-refractivity contribution is -0.128. The van der Waals surface area contributed by atoms with Crippen LogP contribution in [0.1, 0.15) is 30.5 Å². The lowest BCUT2D eigenvalue weighted by atomic mass is 10.0. The zero-order valence-corrected chi connectivity index (χ0v) is 23.6. The Kier molecular flexibility index (Phi) is 7.70. The van der Waals surface area contributed by atoms with E-state index in [-0.39, 0.29) is 18.4 Å². The molecule has 2 saturated heterocycles. The molecule has 3 aliphatic rings. The number of nitrogens with zero attached hydrogens (tertiary/aromatic N) is 8. The highest BCUT2D eigenvalue weighted by Gasteiger charge is 2.33. The number of rotatable bonds is 7. The smallest absolute Gasteiger partial charge is 0.318 e. The highest BCUT2D eigenvalue weighted by Crippen LogP contribution is 2.34. The lowest BCUT2D eigenvalue weighted by Gasteiger charge is -2.42. The molecule has 2 aromatic heterocycles. The van der Waals surface area contributed by atoms with Crippen molar-refractivity contribution in [2.75, 3.05) is 56.2 Å². The van der Waals surface area contributed by atoms with Crippen LogP contribution in [0.2, 0.25) is 0 Å². The minimum absolute atomic E-state index is 0.141. The van der Waals surface area contributed by atoms with Crippen molar-refractivity contribution in [2.24, 2.45) is 0 Å². The predicted molar refractivity (Wildman–Crippen MR) is 158 cm³/mol. The normalized spacial score (nSPS) is 21.0. The van der Waals surface area contributed by atoms with Gasteiger partial charge in [0, 0.05) is 49.4 Å². The minimum atomic E-state index is -0.235. The molecular formula is C31H36N8O2. The van der Waals surface area contributed by atoms with E-state index < -0.39 is 0 Å². The Morgan fingerprint density at radius 3 is 2.80 bits per heavy atom. The topological polar surface area (TPSA) is 102 Å². The first-order chi connectivity index (χ1) is 20.1. The summed E-state index contributed by atoms with van der Waals surface area (Å²) in [5, 5.41) is 11.8. The third-order valence-corrected chi connectivity index (χ3v) is 8.62. The Bertz CT molecular complexity index is 1480. The van der Waals surface area contributed by atoms with Crippen LogP contribution < -0.4 is 14.5 Å². The Morgan fingerprint density at radius 1 is 1.12 bits per heavy atom. The van der Waals surface area contributed by atoms with Gasteiger partial charge in [0.05, 0.1) is 30.8 Å². The number of fused-ring (bicyclic) bond motifs is 2. The highest BCUT2D eigenvalue weighted by atomic mass is 16.5. The molecule has 0 spiro atoms. The molecule has 0 radical (unpaired) electrons. The molecule has 1 unspecified atom stereocenters. The first-order valence-electron chi connectivity index (χ1n) is 14.4. The Morgan fingerprint density at radius 2 is 2.00 bits per heavy atom. The summed E-state index contributed by atoms with van der Waals surface area (Å²) in [6.07, 6.45) is 6.47. The van der Waals surface area contributed by atoms with Crippen molar-refractivity contribution in [3.63, 3.8) is 0 Å². The first kappa shape index (κ1) is 27.0. The monoisotopic (exact) mass is 552 g/mol. The van der Waals surface area contributed by atoms with Crippen LogP contribution in [-0.4, -0.2) is 89.1 Å². The molecule has 1 aromatic carbocycles. The van der Waals surface area contributed by atoms with E-state index in [1.807, 2.05) is 24.4 Å². The Labute approximate surface area is 240 Å². The van der Waals surface area contributed by atoms with Gasteiger partial charge >= 0.3 is 6.01 Å². The summed E-state index contributed by atoms with van der Waals surface area (Å²) in [5.74, 6) is 1.66. The number of carbonyl (C=O) groups excluding carboxylic acids is 1. The molecule has 0 saturated carbocycles. The van der Waals surface area contributed by atoms with Crippen molar-refractivity contribution in [1.29, 1.82) is 5.26 Å². The SMILES string of the molecule is C=CC(=O)N1CCN(c2nc(OC[C@@H]3CCCN3C)nc3c2CCN(c2nccc4ccccc24)C3)CC1CC#N. The molecule has 1 amide bonds. The number of hydrogen-bond acceptors (Lipinski definition) is 9. The number of anilines is 2. The second kappa shape index (κ2) is 11.7. The Balaban J connectivity index is 1.33. The number of hydrogen-bond donors (Lipinski definition) is 0. The van der Waals surface area contributed by atoms with E-state index in [1.165, 1.54) is 12.5 Å². The third-order valence-electron chi connectivity index (χ3n) is 8.62. The van der Waals surface area contributed by atoms with Crippen molar-refractivity contribution in [3.8, 4) is 12.1 Å². The van der Waals surface area contributed by atoms with Crippen molar-refractivity contribution < 1.29 is 9.53 Å². The predicted octanol–water partition coefficient (Wildman–Crippen LogP) is 3.18. The van der Waals surface area contributed by atoms with E-state index in [9.17, 15) is 10.1 Å². The van der Waals surface area contributed by atoms with E-state index in [2.05, 4.69) is 46.5 Å². The summed E-state index contributed by atoms with van der Waals surface area (Å²) in [6.45, 7) is 8.30. The minimum Gasteiger partial charge on any atom is -0.462 e. The maximum Gasteiger partial charge on any atom is 0.318 e. The number of aromatic nitrogens is 3. The zero-order valence-electron chi connectivity index (χ0n) is 23.6. The largest absolute Gasteiger partial charge is 0.462 e. The third kappa shape index (κ3) is 5.42. The molecule has 2 atom stereocenters. The first-order valence-corrected chi connectivity index (χ1v) is 14.4. The van der Waals surface area contributed by atoms with Crippen LogP contribution >= 0.6 is 0 Å². The fourth-order valence-electron chi connectivity index (χ4n) is 6.35. The van der Waals surface area contributed by atoms with Gasteiger partial charge in [-0.2, -0.15) is 15.2 Å². The van der Waals surface area contributed by atoms with Crippen molar-refractivity contribution >= 4 is 28.3 Å². The number of pyridine rings is 1. The van der Waals surface area contributed by atoms with Crippen LogP contribution in [0.15, 0.2) is 49.2 Å². The molecule has 0 aliphatic carbocycles. The molecule has 3 aliphatic heterocycles. The van der Waals surface area contributed by atoms with Gasteiger partial charge < -0.3 is 24.3 Å². The number of carbonyl (C=O) groups is 1. The number of piperazine rings is 1. The molecule has 2 fully saturated rings. The number of amides is 1. The quantitative estimate of drug-likeness (QED) is 0.409. The maximum atomic E-state index is 12.5. The average Bonchev–Trinajstić information content (AvgIpc) is 3.43. The van der Waals surface area contributed by atoms with E-state index in [4.69, 9.17) is 19.7 Å². The lowest BCUT2D eigenvalue weighted by Crippen LogP contribution is -2.55. The highest BCUT2D eigenvalue weighted by molar-refractivity contribution is 5.92. The van der Waals surface area contributed by atoms with Crippen molar-refractivity contribution in [2.45, 2.75) is 44.3 Å².